The number of hydrogen-bond acceptors (Lipinski definition) is 5. The minimum Gasteiger partial charge on any atom is -0.375 e. The maximum atomic E-state index is 5.64. The summed E-state index contributed by atoms with van der Waals surface area (Å²) in [6.45, 7) is 0.995. The highest BCUT2D eigenvalue weighted by atomic mass is 32.1. The normalized spacial score (nSPS) is 15.8. The van der Waals surface area contributed by atoms with E-state index < -0.39 is 0 Å². The molecule has 3 rings (SSSR count). The quantitative estimate of drug-likeness (QED) is 0.817. The van der Waals surface area contributed by atoms with Crippen LogP contribution in [0.1, 0.15) is 25.1 Å². The van der Waals surface area contributed by atoms with Crippen LogP contribution in [0.25, 0.3) is 11.5 Å². The Balaban J connectivity index is 2.05. The van der Waals surface area contributed by atoms with Crippen molar-refractivity contribution in [2.24, 2.45) is 0 Å². The van der Waals surface area contributed by atoms with Crippen LogP contribution in [0.4, 0.5) is 5.13 Å². The molecule has 0 fully saturated rings. The SMILES string of the molecule is Nc1nc(-c2nnc3n2CCCCC3)cs1. The number of anilines is 1. The van der Waals surface area contributed by atoms with Gasteiger partial charge in [-0.25, -0.2) is 4.98 Å². The average Bonchev–Trinajstić information content (AvgIpc) is 2.79. The molecule has 0 spiro atoms. The first kappa shape index (κ1) is 9.77. The number of hydrogen-bond donors (Lipinski definition) is 1. The predicted molar refractivity (Wildman–Crippen MR) is 63.1 cm³/mol. The van der Waals surface area contributed by atoms with Crippen LogP contribution in [-0.2, 0) is 13.0 Å². The second kappa shape index (κ2) is 3.86. The molecule has 2 aromatic rings. The molecule has 0 unspecified atom stereocenters. The standard InChI is InChI=1S/C10H13N5S/c11-10-12-7(6-16-10)9-14-13-8-4-2-1-3-5-15(8)9/h6H,1-5H2,(H2,11,12). The van der Waals surface area contributed by atoms with Gasteiger partial charge in [0.15, 0.2) is 11.0 Å². The first-order valence-electron chi connectivity index (χ1n) is 5.48. The molecule has 5 nitrogen and oxygen atoms in total. The smallest absolute Gasteiger partial charge is 0.183 e. The van der Waals surface area contributed by atoms with E-state index >= 15 is 0 Å². The number of nitrogens with two attached hydrogens (primary N) is 1. The molecule has 0 atom stereocenters. The van der Waals surface area contributed by atoms with Gasteiger partial charge in [0.25, 0.3) is 0 Å². The Morgan fingerprint density at radius 2 is 2.19 bits per heavy atom. The van der Waals surface area contributed by atoms with E-state index in [1.807, 2.05) is 5.38 Å². The summed E-state index contributed by atoms with van der Waals surface area (Å²) in [6, 6.07) is 0. The molecule has 2 N–H and O–H groups in total. The fraction of sp³-hybridized carbons (Fsp3) is 0.500. The van der Waals surface area contributed by atoms with Crippen LogP contribution in [0.2, 0.25) is 0 Å². The predicted octanol–water partition coefficient (Wildman–Crippen LogP) is 1.71. The third kappa shape index (κ3) is 1.59. The maximum Gasteiger partial charge on any atom is 0.183 e. The molecule has 0 amide bonds. The Labute approximate surface area is 97.3 Å². The average molecular weight is 235 g/mol. The van der Waals surface area contributed by atoms with Gasteiger partial charge in [-0.3, -0.25) is 0 Å². The lowest BCUT2D eigenvalue weighted by atomic mass is 10.2. The van der Waals surface area contributed by atoms with Gasteiger partial charge in [0.1, 0.15) is 11.5 Å². The van der Waals surface area contributed by atoms with Crippen molar-refractivity contribution in [3.8, 4) is 11.5 Å². The van der Waals surface area contributed by atoms with Crippen molar-refractivity contribution in [3.05, 3.63) is 11.2 Å². The summed E-state index contributed by atoms with van der Waals surface area (Å²) in [7, 11) is 0. The molecule has 1 aliphatic rings. The van der Waals surface area contributed by atoms with Crippen LogP contribution in [0, 0.1) is 0 Å². The van der Waals surface area contributed by atoms with E-state index in [4.69, 9.17) is 5.73 Å². The second-order valence-electron chi connectivity index (χ2n) is 3.97. The number of thiazole rings is 1. The van der Waals surface area contributed by atoms with Gasteiger partial charge in [-0.15, -0.1) is 21.5 Å². The Kier molecular flexibility index (Phi) is 2.36. The van der Waals surface area contributed by atoms with Crippen molar-refractivity contribution in [2.45, 2.75) is 32.2 Å². The van der Waals surface area contributed by atoms with Crippen LogP contribution in [-0.4, -0.2) is 19.7 Å². The third-order valence-electron chi connectivity index (χ3n) is 2.86. The molecule has 84 valence electrons. The van der Waals surface area contributed by atoms with Crippen molar-refractivity contribution in [2.75, 3.05) is 5.73 Å². The Morgan fingerprint density at radius 3 is 3.00 bits per heavy atom. The summed E-state index contributed by atoms with van der Waals surface area (Å²) < 4.78 is 2.18. The van der Waals surface area contributed by atoms with Crippen LogP contribution in [0.3, 0.4) is 0 Å². The maximum absolute atomic E-state index is 5.64. The lowest BCUT2D eigenvalue weighted by Gasteiger charge is -2.03. The first-order chi connectivity index (χ1) is 7.84. The van der Waals surface area contributed by atoms with Crippen molar-refractivity contribution in [1.82, 2.24) is 19.7 Å². The monoisotopic (exact) mass is 235 g/mol. The van der Waals surface area contributed by atoms with Gasteiger partial charge in [0.2, 0.25) is 0 Å². The van der Waals surface area contributed by atoms with Crippen molar-refractivity contribution >= 4 is 16.5 Å². The number of nitrogen functional groups attached to an aromatic ring is 1. The van der Waals surface area contributed by atoms with Crippen molar-refractivity contribution < 1.29 is 0 Å². The molecular weight excluding hydrogens is 222 g/mol. The topological polar surface area (TPSA) is 69.6 Å². The molecule has 0 aromatic carbocycles. The van der Waals surface area contributed by atoms with E-state index in [1.54, 1.807) is 0 Å². The fourth-order valence-electron chi connectivity index (χ4n) is 2.06. The first-order valence-corrected chi connectivity index (χ1v) is 6.36. The molecular formula is C10H13N5S. The summed E-state index contributed by atoms with van der Waals surface area (Å²) in [5, 5.41) is 11.0. The zero-order valence-corrected chi connectivity index (χ0v) is 9.70. The van der Waals surface area contributed by atoms with Crippen LogP contribution >= 0.6 is 11.3 Å². The van der Waals surface area contributed by atoms with Gasteiger partial charge in [-0.2, -0.15) is 0 Å². The highest BCUT2D eigenvalue weighted by Crippen LogP contribution is 2.24. The third-order valence-corrected chi connectivity index (χ3v) is 3.53. The van der Waals surface area contributed by atoms with Gasteiger partial charge in [0.05, 0.1) is 0 Å². The Hall–Kier alpha value is -1.43. The van der Waals surface area contributed by atoms with Gasteiger partial charge in [-0.1, -0.05) is 6.42 Å². The number of nitrogens with zero attached hydrogens (tertiary/aromatic N) is 4. The minimum atomic E-state index is 0.584. The largest absolute Gasteiger partial charge is 0.375 e. The molecule has 0 saturated carbocycles. The lowest BCUT2D eigenvalue weighted by molar-refractivity contribution is 0.636. The van der Waals surface area contributed by atoms with Crippen LogP contribution in [0.15, 0.2) is 5.38 Å². The number of aromatic nitrogens is 4. The van der Waals surface area contributed by atoms with Crippen LogP contribution in [0.5, 0.6) is 0 Å². The van der Waals surface area contributed by atoms with Gasteiger partial charge >= 0.3 is 0 Å². The van der Waals surface area contributed by atoms with E-state index in [0.29, 0.717) is 5.13 Å². The van der Waals surface area contributed by atoms with E-state index in [-0.39, 0.29) is 0 Å². The Bertz CT molecular complexity index is 501. The molecule has 3 heterocycles. The fourth-order valence-corrected chi connectivity index (χ4v) is 2.61. The summed E-state index contributed by atoms with van der Waals surface area (Å²) >= 11 is 1.44. The molecule has 2 aromatic heterocycles. The van der Waals surface area contributed by atoms with Gasteiger partial charge in [-0.05, 0) is 12.8 Å². The van der Waals surface area contributed by atoms with Crippen molar-refractivity contribution in [1.29, 1.82) is 0 Å². The molecule has 0 aliphatic carbocycles. The summed E-state index contributed by atoms with van der Waals surface area (Å²) in [5.74, 6) is 1.95. The minimum absolute atomic E-state index is 0.584. The van der Waals surface area contributed by atoms with Gasteiger partial charge in [0, 0.05) is 18.3 Å². The summed E-state index contributed by atoms with van der Waals surface area (Å²) in [6.07, 6.45) is 4.68. The number of fused-ring (bicyclic) bond motifs is 1. The zero-order valence-electron chi connectivity index (χ0n) is 8.89. The van der Waals surface area contributed by atoms with E-state index in [2.05, 4.69) is 19.7 Å². The molecule has 1 aliphatic heterocycles. The molecule has 0 saturated heterocycles. The lowest BCUT2D eigenvalue weighted by Crippen LogP contribution is -2.03. The Morgan fingerprint density at radius 1 is 1.25 bits per heavy atom. The number of aryl methyl sites for hydroxylation is 1. The molecule has 0 radical (unpaired) electrons. The highest BCUT2D eigenvalue weighted by Gasteiger charge is 2.17. The van der Waals surface area contributed by atoms with E-state index in [1.165, 1.54) is 30.6 Å². The van der Waals surface area contributed by atoms with Crippen molar-refractivity contribution in [3.63, 3.8) is 0 Å². The van der Waals surface area contributed by atoms with Crippen LogP contribution < -0.4 is 5.73 Å². The van der Waals surface area contributed by atoms with Gasteiger partial charge < -0.3 is 10.3 Å². The number of rotatable bonds is 1. The molecule has 6 heteroatoms. The second-order valence-corrected chi connectivity index (χ2v) is 4.86. The van der Waals surface area contributed by atoms with E-state index in [9.17, 15) is 0 Å². The molecule has 16 heavy (non-hydrogen) atoms. The zero-order chi connectivity index (χ0) is 11.0. The molecule has 0 bridgehead atoms. The summed E-state index contributed by atoms with van der Waals surface area (Å²) in [5.41, 5.74) is 6.49. The van der Waals surface area contributed by atoms with E-state index in [0.717, 1.165) is 30.3 Å². The summed E-state index contributed by atoms with van der Waals surface area (Å²) in [4.78, 5) is 4.26. The highest BCUT2D eigenvalue weighted by molar-refractivity contribution is 7.13.